The number of azide groups is 1. The van der Waals surface area contributed by atoms with Crippen LogP contribution >= 0.6 is 11.6 Å². The predicted octanol–water partition coefficient (Wildman–Crippen LogP) is 3.45. The Morgan fingerprint density at radius 1 is 1.64 bits per heavy atom. The summed E-state index contributed by atoms with van der Waals surface area (Å²) in [5.41, 5.74) is 9.02. The highest BCUT2D eigenvalue weighted by Crippen LogP contribution is 2.08. The third kappa shape index (κ3) is 3.94. The Morgan fingerprint density at radius 2 is 2.50 bits per heavy atom. The van der Waals surface area contributed by atoms with Crippen LogP contribution in [0.3, 0.4) is 0 Å². The number of pyridine rings is 1. The molecular weight excluding hydrogens is 200 g/mol. The molecule has 72 valence electrons. The summed E-state index contributed by atoms with van der Waals surface area (Å²) in [5, 5.41) is 3.89. The van der Waals surface area contributed by atoms with Gasteiger partial charge in [-0.25, -0.2) is 4.98 Å². The van der Waals surface area contributed by atoms with Crippen LogP contribution in [0.25, 0.3) is 16.5 Å². The number of rotatable bonds is 4. The lowest BCUT2D eigenvalue weighted by atomic mass is 10.2. The molecule has 0 spiro atoms. The molecule has 0 radical (unpaired) electrons. The van der Waals surface area contributed by atoms with Crippen LogP contribution in [0.1, 0.15) is 12.0 Å². The van der Waals surface area contributed by atoms with Crippen LogP contribution in [0.4, 0.5) is 0 Å². The number of nitrogens with zero attached hydrogens (tertiary/aromatic N) is 4. The second kappa shape index (κ2) is 6.02. The molecule has 1 aromatic rings. The zero-order valence-corrected chi connectivity index (χ0v) is 8.22. The van der Waals surface area contributed by atoms with Crippen molar-refractivity contribution in [1.82, 2.24) is 4.98 Å². The van der Waals surface area contributed by atoms with Crippen molar-refractivity contribution in [3.8, 4) is 0 Å². The van der Waals surface area contributed by atoms with Gasteiger partial charge < -0.3 is 0 Å². The van der Waals surface area contributed by atoms with E-state index < -0.39 is 0 Å². The van der Waals surface area contributed by atoms with Crippen LogP contribution in [-0.2, 0) is 0 Å². The van der Waals surface area contributed by atoms with Gasteiger partial charge in [0.05, 0.1) is 0 Å². The van der Waals surface area contributed by atoms with Crippen molar-refractivity contribution in [2.45, 2.75) is 6.42 Å². The molecule has 14 heavy (non-hydrogen) atoms. The van der Waals surface area contributed by atoms with Crippen molar-refractivity contribution >= 4 is 17.7 Å². The fourth-order valence-corrected chi connectivity index (χ4v) is 1.10. The molecule has 1 rings (SSSR count). The molecule has 5 heteroatoms. The smallest absolute Gasteiger partial charge is 0.129 e. The van der Waals surface area contributed by atoms with Gasteiger partial charge in [0.25, 0.3) is 0 Å². The molecule has 0 aromatic carbocycles. The Morgan fingerprint density at radius 3 is 3.21 bits per heavy atom. The standard InChI is InChI=1S/C9H9ClN4/c10-9-7-8(4-6-12-9)3-1-2-5-13-14-11/h1,3-4,6-7H,2,5H2. The third-order valence-electron chi connectivity index (χ3n) is 1.52. The highest BCUT2D eigenvalue weighted by atomic mass is 35.5. The molecule has 0 saturated carbocycles. The minimum Gasteiger partial charge on any atom is -0.245 e. The molecular formula is C9H9ClN4. The van der Waals surface area contributed by atoms with Gasteiger partial charge in [0.1, 0.15) is 5.15 Å². The maximum atomic E-state index is 8.03. The third-order valence-corrected chi connectivity index (χ3v) is 1.73. The van der Waals surface area contributed by atoms with Crippen LogP contribution in [0.2, 0.25) is 5.15 Å². The predicted molar refractivity (Wildman–Crippen MR) is 56.9 cm³/mol. The lowest BCUT2D eigenvalue weighted by Crippen LogP contribution is -1.77. The summed E-state index contributed by atoms with van der Waals surface area (Å²) < 4.78 is 0. The highest BCUT2D eigenvalue weighted by molar-refractivity contribution is 6.29. The van der Waals surface area contributed by atoms with E-state index in [9.17, 15) is 0 Å². The number of hydrogen-bond donors (Lipinski definition) is 0. The first-order valence-electron chi connectivity index (χ1n) is 4.12. The molecule has 0 N–H and O–H groups in total. The molecule has 1 aromatic heterocycles. The van der Waals surface area contributed by atoms with Crippen LogP contribution in [0, 0.1) is 0 Å². The zero-order chi connectivity index (χ0) is 10.2. The maximum absolute atomic E-state index is 8.03. The van der Waals surface area contributed by atoms with E-state index in [0.29, 0.717) is 11.7 Å². The Kier molecular flexibility index (Phi) is 4.55. The van der Waals surface area contributed by atoms with Crippen molar-refractivity contribution in [1.29, 1.82) is 0 Å². The number of hydrogen-bond acceptors (Lipinski definition) is 2. The SMILES string of the molecule is [N-]=[N+]=NCCC=Cc1ccnc(Cl)c1. The summed E-state index contributed by atoms with van der Waals surface area (Å²) in [6, 6.07) is 3.63. The van der Waals surface area contributed by atoms with E-state index in [2.05, 4.69) is 15.0 Å². The summed E-state index contributed by atoms with van der Waals surface area (Å²) in [4.78, 5) is 6.52. The molecule has 0 unspecified atom stereocenters. The van der Waals surface area contributed by atoms with Crippen LogP contribution in [0.15, 0.2) is 29.5 Å². The van der Waals surface area contributed by atoms with E-state index in [1.165, 1.54) is 0 Å². The van der Waals surface area contributed by atoms with Gasteiger partial charge in [-0.2, -0.15) is 0 Å². The first-order chi connectivity index (χ1) is 6.83. The van der Waals surface area contributed by atoms with Crippen LogP contribution in [0.5, 0.6) is 0 Å². The zero-order valence-electron chi connectivity index (χ0n) is 7.47. The second-order valence-corrected chi connectivity index (χ2v) is 2.94. The Bertz CT molecular complexity index is 369. The average molecular weight is 209 g/mol. The van der Waals surface area contributed by atoms with Gasteiger partial charge in [-0.15, -0.1) is 0 Å². The van der Waals surface area contributed by atoms with Crippen molar-refractivity contribution in [2.75, 3.05) is 6.54 Å². The molecule has 0 aliphatic carbocycles. The monoisotopic (exact) mass is 208 g/mol. The lowest BCUT2D eigenvalue weighted by Gasteiger charge is -1.92. The molecule has 0 saturated heterocycles. The summed E-state index contributed by atoms with van der Waals surface area (Å²) in [7, 11) is 0. The molecule has 0 aliphatic heterocycles. The Balaban J connectivity index is 2.47. The molecule has 0 amide bonds. The summed E-state index contributed by atoms with van der Waals surface area (Å²) in [6.07, 6.45) is 6.22. The Labute approximate surface area is 86.9 Å². The first kappa shape index (κ1) is 10.6. The average Bonchev–Trinajstić information content (AvgIpc) is 2.18. The lowest BCUT2D eigenvalue weighted by molar-refractivity contribution is 0.995. The highest BCUT2D eigenvalue weighted by Gasteiger charge is 1.88. The molecule has 4 nitrogen and oxygen atoms in total. The molecule has 0 bridgehead atoms. The van der Waals surface area contributed by atoms with Gasteiger partial charge in [-0.1, -0.05) is 28.9 Å². The van der Waals surface area contributed by atoms with E-state index in [0.717, 1.165) is 12.0 Å². The van der Waals surface area contributed by atoms with Crippen molar-refractivity contribution < 1.29 is 0 Å². The normalized spacial score (nSPS) is 10.1. The first-order valence-corrected chi connectivity index (χ1v) is 4.49. The minimum atomic E-state index is 0.474. The van der Waals surface area contributed by atoms with E-state index in [-0.39, 0.29) is 0 Å². The quantitative estimate of drug-likeness (QED) is 0.246. The topological polar surface area (TPSA) is 61.7 Å². The fraction of sp³-hybridized carbons (Fsp3) is 0.222. The van der Waals surface area contributed by atoms with Crippen molar-refractivity contribution in [3.63, 3.8) is 0 Å². The van der Waals surface area contributed by atoms with Gasteiger partial charge in [0, 0.05) is 17.7 Å². The summed E-state index contributed by atoms with van der Waals surface area (Å²) in [5.74, 6) is 0. The van der Waals surface area contributed by atoms with Gasteiger partial charge >= 0.3 is 0 Å². The van der Waals surface area contributed by atoms with Crippen molar-refractivity contribution in [3.05, 3.63) is 45.6 Å². The van der Waals surface area contributed by atoms with E-state index >= 15 is 0 Å². The van der Waals surface area contributed by atoms with Crippen LogP contribution < -0.4 is 0 Å². The molecule has 0 fully saturated rings. The second-order valence-electron chi connectivity index (χ2n) is 2.56. The minimum absolute atomic E-state index is 0.474. The molecule has 0 aliphatic rings. The van der Waals surface area contributed by atoms with Gasteiger partial charge in [-0.3, -0.25) is 0 Å². The van der Waals surface area contributed by atoms with E-state index in [1.54, 1.807) is 12.3 Å². The van der Waals surface area contributed by atoms with E-state index in [1.807, 2.05) is 18.2 Å². The van der Waals surface area contributed by atoms with Gasteiger partial charge in [0.2, 0.25) is 0 Å². The van der Waals surface area contributed by atoms with Gasteiger partial charge in [-0.05, 0) is 29.6 Å². The van der Waals surface area contributed by atoms with Crippen LogP contribution in [-0.4, -0.2) is 11.5 Å². The van der Waals surface area contributed by atoms with Gasteiger partial charge in [0.15, 0.2) is 0 Å². The largest absolute Gasteiger partial charge is 0.245 e. The Hall–Kier alpha value is -1.51. The maximum Gasteiger partial charge on any atom is 0.129 e. The molecule has 0 atom stereocenters. The fourth-order valence-electron chi connectivity index (χ4n) is 0.918. The molecule has 1 heterocycles. The van der Waals surface area contributed by atoms with E-state index in [4.69, 9.17) is 17.1 Å². The summed E-state index contributed by atoms with van der Waals surface area (Å²) >= 11 is 5.70. The van der Waals surface area contributed by atoms with Crippen molar-refractivity contribution in [2.24, 2.45) is 5.11 Å². The number of aromatic nitrogens is 1. The number of halogens is 1. The summed E-state index contributed by atoms with van der Waals surface area (Å²) in [6.45, 7) is 0.478.